The Morgan fingerprint density at radius 2 is 1.89 bits per heavy atom. The number of sulfonamides is 1. The second-order valence-electron chi connectivity index (χ2n) is 4.93. The minimum Gasteiger partial charge on any atom is -0.399 e. The van der Waals surface area contributed by atoms with Crippen molar-refractivity contribution < 1.29 is 8.42 Å². The van der Waals surface area contributed by atoms with E-state index in [4.69, 9.17) is 5.73 Å². The number of hydrogen-bond acceptors (Lipinski definition) is 3. The molecule has 0 atom stereocenters. The van der Waals surface area contributed by atoms with Crippen molar-refractivity contribution >= 4 is 15.7 Å². The lowest BCUT2D eigenvalue weighted by atomic mass is 10.2. The molecular formula is C13H22N2O2S. The maximum absolute atomic E-state index is 12.5. The third-order valence-corrected chi connectivity index (χ3v) is 4.55. The molecule has 4 nitrogen and oxygen atoms in total. The molecule has 0 aromatic heterocycles. The summed E-state index contributed by atoms with van der Waals surface area (Å²) in [5, 5.41) is 0. The van der Waals surface area contributed by atoms with Gasteiger partial charge in [-0.2, -0.15) is 4.31 Å². The summed E-state index contributed by atoms with van der Waals surface area (Å²) in [7, 11) is -3.44. The van der Waals surface area contributed by atoms with Crippen LogP contribution in [0.15, 0.2) is 23.1 Å². The van der Waals surface area contributed by atoms with Crippen LogP contribution in [0.25, 0.3) is 0 Å². The highest BCUT2D eigenvalue weighted by Crippen LogP contribution is 2.21. The molecule has 0 unspecified atom stereocenters. The molecule has 1 aromatic rings. The molecule has 1 rings (SSSR count). The summed E-state index contributed by atoms with van der Waals surface area (Å²) in [5.74, 6) is 0.293. The quantitative estimate of drug-likeness (QED) is 0.835. The molecule has 2 N–H and O–H groups in total. The molecule has 0 radical (unpaired) electrons. The fraction of sp³-hybridized carbons (Fsp3) is 0.538. The van der Waals surface area contributed by atoms with E-state index >= 15 is 0 Å². The molecule has 0 saturated heterocycles. The van der Waals surface area contributed by atoms with E-state index in [2.05, 4.69) is 0 Å². The van der Waals surface area contributed by atoms with Gasteiger partial charge >= 0.3 is 0 Å². The third-order valence-electron chi connectivity index (χ3n) is 2.63. The Kier molecular flexibility index (Phi) is 4.76. The van der Waals surface area contributed by atoms with Crippen molar-refractivity contribution in [2.45, 2.75) is 32.6 Å². The lowest BCUT2D eigenvalue weighted by Crippen LogP contribution is -2.34. The highest BCUT2D eigenvalue weighted by Gasteiger charge is 2.24. The van der Waals surface area contributed by atoms with Crippen molar-refractivity contribution in [2.24, 2.45) is 5.92 Å². The summed E-state index contributed by atoms with van der Waals surface area (Å²) in [6.07, 6.45) is 0. The summed E-state index contributed by atoms with van der Waals surface area (Å²) in [4.78, 5) is 0.280. The van der Waals surface area contributed by atoms with Gasteiger partial charge in [0.2, 0.25) is 10.0 Å². The second kappa shape index (κ2) is 5.71. The van der Waals surface area contributed by atoms with Crippen LogP contribution in [0.5, 0.6) is 0 Å². The normalized spacial score (nSPS) is 12.3. The van der Waals surface area contributed by atoms with Gasteiger partial charge in [0.15, 0.2) is 0 Å². The molecule has 0 heterocycles. The molecule has 0 amide bonds. The van der Waals surface area contributed by atoms with Gasteiger partial charge < -0.3 is 5.73 Å². The first-order valence-corrected chi connectivity index (χ1v) is 7.58. The Balaban J connectivity index is 3.18. The zero-order valence-corrected chi connectivity index (χ0v) is 12.3. The highest BCUT2D eigenvalue weighted by molar-refractivity contribution is 7.89. The molecule has 18 heavy (non-hydrogen) atoms. The van der Waals surface area contributed by atoms with E-state index in [1.165, 1.54) is 10.4 Å². The molecule has 1 aromatic carbocycles. The summed E-state index contributed by atoms with van der Waals surface area (Å²) in [5.41, 5.74) is 7.05. The van der Waals surface area contributed by atoms with E-state index in [0.29, 0.717) is 24.7 Å². The zero-order chi connectivity index (χ0) is 13.9. The minimum absolute atomic E-state index is 0.280. The van der Waals surface area contributed by atoms with Crippen molar-refractivity contribution in [1.82, 2.24) is 4.31 Å². The van der Waals surface area contributed by atoms with E-state index in [1.807, 2.05) is 27.7 Å². The summed E-state index contributed by atoms with van der Waals surface area (Å²) in [6, 6.07) is 4.94. The highest BCUT2D eigenvalue weighted by atomic mass is 32.2. The van der Waals surface area contributed by atoms with Crippen LogP contribution in [-0.2, 0) is 10.0 Å². The van der Waals surface area contributed by atoms with Crippen LogP contribution in [-0.4, -0.2) is 25.8 Å². The van der Waals surface area contributed by atoms with E-state index in [-0.39, 0.29) is 4.90 Å². The average molecular weight is 270 g/mol. The number of nitrogens with two attached hydrogens (primary N) is 1. The molecular weight excluding hydrogens is 248 g/mol. The second-order valence-corrected chi connectivity index (χ2v) is 6.87. The summed E-state index contributed by atoms with van der Waals surface area (Å²) < 4.78 is 26.4. The molecule has 0 aliphatic rings. The SMILES string of the molecule is CCN(CC(C)C)S(=O)(=O)c1cc(C)cc(N)c1. The molecule has 0 aliphatic heterocycles. The topological polar surface area (TPSA) is 63.4 Å². The van der Waals surface area contributed by atoms with Crippen LogP contribution >= 0.6 is 0 Å². The van der Waals surface area contributed by atoms with Crippen molar-refractivity contribution in [3.05, 3.63) is 23.8 Å². The Hall–Kier alpha value is -1.07. The Labute approximate surface area is 110 Å². The fourth-order valence-electron chi connectivity index (χ4n) is 1.88. The number of aryl methyl sites for hydroxylation is 1. The third kappa shape index (κ3) is 3.46. The van der Waals surface area contributed by atoms with Gasteiger partial charge in [-0.15, -0.1) is 0 Å². The van der Waals surface area contributed by atoms with Crippen molar-refractivity contribution in [1.29, 1.82) is 0 Å². The van der Waals surface area contributed by atoms with Gasteiger partial charge in [0.25, 0.3) is 0 Å². The number of nitrogen functional groups attached to an aromatic ring is 1. The first kappa shape index (κ1) is 15.0. The number of benzene rings is 1. The zero-order valence-electron chi connectivity index (χ0n) is 11.5. The predicted octanol–water partition coefficient (Wildman–Crippen LogP) is 2.24. The summed E-state index contributed by atoms with van der Waals surface area (Å²) >= 11 is 0. The van der Waals surface area contributed by atoms with Crippen LogP contribution < -0.4 is 5.73 Å². The molecule has 0 saturated carbocycles. The van der Waals surface area contributed by atoms with Crippen LogP contribution in [0, 0.1) is 12.8 Å². The van der Waals surface area contributed by atoms with Gasteiger partial charge in [0.1, 0.15) is 0 Å². The van der Waals surface area contributed by atoms with Gasteiger partial charge in [-0.05, 0) is 36.6 Å². The number of nitrogens with zero attached hydrogens (tertiary/aromatic N) is 1. The van der Waals surface area contributed by atoms with Crippen molar-refractivity contribution in [2.75, 3.05) is 18.8 Å². The minimum atomic E-state index is -3.44. The van der Waals surface area contributed by atoms with E-state index in [1.54, 1.807) is 12.1 Å². The predicted molar refractivity (Wildman–Crippen MR) is 74.9 cm³/mol. The van der Waals surface area contributed by atoms with E-state index < -0.39 is 10.0 Å². The van der Waals surface area contributed by atoms with Gasteiger partial charge in [-0.3, -0.25) is 0 Å². The molecule has 5 heteroatoms. The summed E-state index contributed by atoms with van der Waals surface area (Å²) in [6.45, 7) is 8.68. The van der Waals surface area contributed by atoms with Crippen LogP contribution in [0.1, 0.15) is 26.3 Å². The average Bonchev–Trinajstić information content (AvgIpc) is 2.24. The maximum atomic E-state index is 12.5. The number of rotatable bonds is 5. The van der Waals surface area contributed by atoms with Crippen LogP contribution in [0.3, 0.4) is 0 Å². The van der Waals surface area contributed by atoms with Crippen LogP contribution in [0.4, 0.5) is 5.69 Å². The molecule has 0 bridgehead atoms. The first-order chi connectivity index (χ1) is 8.27. The molecule has 0 aliphatic carbocycles. The monoisotopic (exact) mass is 270 g/mol. The van der Waals surface area contributed by atoms with E-state index in [9.17, 15) is 8.42 Å². The molecule has 102 valence electrons. The largest absolute Gasteiger partial charge is 0.399 e. The number of hydrogen-bond donors (Lipinski definition) is 1. The number of anilines is 1. The molecule has 0 fully saturated rings. The van der Waals surface area contributed by atoms with Crippen molar-refractivity contribution in [3.63, 3.8) is 0 Å². The Morgan fingerprint density at radius 3 is 2.33 bits per heavy atom. The van der Waals surface area contributed by atoms with Gasteiger partial charge in [0, 0.05) is 18.8 Å². The molecule has 0 spiro atoms. The standard InChI is InChI=1S/C13H22N2O2S/c1-5-15(9-10(2)3)18(16,17)13-7-11(4)6-12(14)8-13/h6-8,10H,5,9,14H2,1-4H3. The first-order valence-electron chi connectivity index (χ1n) is 6.14. The van der Waals surface area contributed by atoms with Gasteiger partial charge in [-0.25, -0.2) is 8.42 Å². The Bertz CT molecular complexity index is 489. The van der Waals surface area contributed by atoms with Crippen LogP contribution in [0.2, 0.25) is 0 Å². The Morgan fingerprint density at radius 1 is 1.28 bits per heavy atom. The van der Waals surface area contributed by atoms with E-state index in [0.717, 1.165) is 5.56 Å². The lowest BCUT2D eigenvalue weighted by molar-refractivity contribution is 0.381. The lowest BCUT2D eigenvalue weighted by Gasteiger charge is -2.22. The smallest absolute Gasteiger partial charge is 0.243 e. The van der Waals surface area contributed by atoms with Gasteiger partial charge in [0.05, 0.1) is 4.90 Å². The van der Waals surface area contributed by atoms with Gasteiger partial charge in [-0.1, -0.05) is 20.8 Å². The maximum Gasteiger partial charge on any atom is 0.243 e. The fourth-order valence-corrected chi connectivity index (χ4v) is 3.63. The van der Waals surface area contributed by atoms with Crippen molar-refractivity contribution in [3.8, 4) is 0 Å².